The molecule has 0 fully saturated rings. The number of amides is 2. The summed E-state index contributed by atoms with van der Waals surface area (Å²) in [5, 5.41) is 3.31. The van der Waals surface area contributed by atoms with Gasteiger partial charge in [-0.2, -0.15) is 0 Å². The van der Waals surface area contributed by atoms with Crippen LogP contribution in [0.15, 0.2) is 48.5 Å². The number of benzene rings is 2. The van der Waals surface area contributed by atoms with Crippen LogP contribution in [0.25, 0.3) is 0 Å². The Kier molecular flexibility index (Phi) is 10.4. The third-order valence-electron chi connectivity index (χ3n) is 5.55. The van der Waals surface area contributed by atoms with Crippen LogP contribution < -0.4 is 9.62 Å². The van der Waals surface area contributed by atoms with Gasteiger partial charge in [-0.25, -0.2) is 8.42 Å². The maximum absolute atomic E-state index is 13.2. The Morgan fingerprint density at radius 2 is 1.74 bits per heavy atom. The van der Waals surface area contributed by atoms with Crippen LogP contribution in [0.2, 0.25) is 5.02 Å². The summed E-state index contributed by atoms with van der Waals surface area (Å²) in [7, 11) is -3.52. The lowest BCUT2D eigenvalue weighted by molar-refractivity contribution is -0.140. The summed E-state index contributed by atoms with van der Waals surface area (Å²) in [5.41, 5.74) is 2.49. The van der Waals surface area contributed by atoms with Gasteiger partial charge in [0, 0.05) is 31.1 Å². The summed E-state index contributed by atoms with van der Waals surface area (Å²) in [6, 6.07) is 13.8. The van der Waals surface area contributed by atoms with Gasteiger partial charge in [-0.05, 0) is 62.1 Å². The summed E-state index contributed by atoms with van der Waals surface area (Å²) in [5.74, 6) is -0.472. The first-order valence-corrected chi connectivity index (χ1v) is 13.7. The highest BCUT2D eigenvalue weighted by molar-refractivity contribution is 7.92. The minimum absolute atomic E-state index is 0.101. The van der Waals surface area contributed by atoms with E-state index >= 15 is 0 Å². The number of rotatable bonds is 12. The molecule has 0 spiro atoms. The van der Waals surface area contributed by atoms with Crippen molar-refractivity contribution in [2.75, 3.05) is 23.7 Å². The van der Waals surface area contributed by atoms with Crippen LogP contribution in [-0.4, -0.2) is 50.5 Å². The first kappa shape index (κ1) is 27.7. The fraction of sp³-hybridized carbons (Fsp3) is 0.440. The van der Waals surface area contributed by atoms with E-state index in [1.807, 2.05) is 32.0 Å². The molecule has 0 aliphatic carbocycles. The monoisotopic (exact) mass is 507 g/mol. The van der Waals surface area contributed by atoms with Crippen molar-refractivity contribution < 1.29 is 18.0 Å². The zero-order valence-corrected chi connectivity index (χ0v) is 21.8. The number of nitrogens with one attached hydrogen (secondary N) is 1. The number of hydrogen-bond acceptors (Lipinski definition) is 4. The van der Waals surface area contributed by atoms with Gasteiger partial charge >= 0.3 is 0 Å². The standard InChI is InChI=1S/C25H34ClN3O4S/c1-5-20-12-14-23(15-13-20)29(34(4,32)33)16-8-11-24(30)28(19(3)25(31)27-6-2)18-21-9-7-10-22(26)17-21/h7,9-10,12-15,17,19H,5-6,8,11,16,18H2,1-4H3,(H,27,31)/t19-/m0/s1. The van der Waals surface area contributed by atoms with Crippen molar-refractivity contribution in [3.63, 3.8) is 0 Å². The molecule has 9 heteroatoms. The first-order chi connectivity index (χ1) is 16.1. The molecule has 2 amide bonds. The molecule has 0 heterocycles. The van der Waals surface area contributed by atoms with Crippen molar-refractivity contribution in [2.45, 2.75) is 52.6 Å². The van der Waals surface area contributed by atoms with Gasteiger partial charge in [-0.15, -0.1) is 0 Å². The summed E-state index contributed by atoms with van der Waals surface area (Å²) in [4.78, 5) is 27.2. The molecule has 34 heavy (non-hydrogen) atoms. The predicted molar refractivity (Wildman–Crippen MR) is 137 cm³/mol. The summed E-state index contributed by atoms with van der Waals surface area (Å²) < 4.78 is 26.1. The van der Waals surface area contributed by atoms with E-state index in [2.05, 4.69) is 5.32 Å². The molecule has 0 aliphatic heterocycles. The highest BCUT2D eigenvalue weighted by atomic mass is 35.5. The molecule has 2 aromatic rings. The zero-order valence-electron chi connectivity index (χ0n) is 20.3. The Labute approximate surface area is 208 Å². The molecule has 7 nitrogen and oxygen atoms in total. The van der Waals surface area contributed by atoms with E-state index in [9.17, 15) is 18.0 Å². The van der Waals surface area contributed by atoms with Crippen LogP contribution in [0.1, 0.15) is 44.7 Å². The minimum atomic E-state index is -3.52. The first-order valence-electron chi connectivity index (χ1n) is 11.4. The summed E-state index contributed by atoms with van der Waals surface area (Å²) >= 11 is 6.09. The van der Waals surface area contributed by atoms with Crippen molar-refractivity contribution >= 4 is 39.1 Å². The van der Waals surface area contributed by atoms with Gasteiger partial charge in [0.2, 0.25) is 21.8 Å². The fourth-order valence-electron chi connectivity index (χ4n) is 3.64. The second-order valence-corrected chi connectivity index (χ2v) is 10.5. The van der Waals surface area contributed by atoms with Gasteiger partial charge in [0.05, 0.1) is 11.9 Å². The molecule has 2 rings (SSSR count). The molecular weight excluding hydrogens is 474 g/mol. The molecular formula is C25H34ClN3O4S. The maximum Gasteiger partial charge on any atom is 0.242 e. The third kappa shape index (κ3) is 8.02. The van der Waals surface area contributed by atoms with Gasteiger partial charge in [0.1, 0.15) is 6.04 Å². The molecule has 0 saturated heterocycles. The Morgan fingerprint density at radius 1 is 1.06 bits per heavy atom. The Morgan fingerprint density at radius 3 is 2.29 bits per heavy atom. The number of likely N-dealkylation sites (N-methyl/N-ethyl adjacent to an activating group) is 1. The van der Waals surface area contributed by atoms with Gasteiger partial charge in [-0.3, -0.25) is 13.9 Å². The van der Waals surface area contributed by atoms with E-state index in [1.165, 1.54) is 9.21 Å². The van der Waals surface area contributed by atoms with Crippen LogP contribution in [0.5, 0.6) is 0 Å². The molecule has 2 aromatic carbocycles. The van der Waals surface area contributed by atoms with Gasteiger partial charge in [-0.1, -0.05) is 42.8 Å². The number of carbonyl (C=O) groups excluding carboxylic acids is 2. The molecule has 186 valence electrons. The van der Waals surface area contributed by atoms with E-state index in [0.29, 0.717) is 23.7 Å². The van der Waals surface area contributed by atoms with E-state index < -0.39 is 16.1 Å². The van der Waals surface area contributed by atoms with E-state index in [4.69, 9.17) is 11.6 Å². The van der Waals surface area contributed by atoms with E-state index in [1.54, 1.807) is 37.3 Å². The number of nitrogens with zero attached hydrogens (tertiary/aromatic N) is 2. The molecule has 1 N–H and O–H groups in total. The van der Waals surface area contributed by atoms with Gasteiger partial charge < -0.3 is 10.2 Å². The SMILES string of the molecule is CCNC(=O)[C@H](C)N(Cc1cccc(Cl)c1)C(=O)CCCN(c1ccc(CC)cc1)S(C)(=O)=O. The van der Waals surface area contributed by atoms with Crippen LogP contribution in [0.4, 0.5) is 5.69 Å². The Balaban J connectivity index is 2.14. The van der Waals surface area contributed by atoms with Gasteiger partial charge in [0.15, 0.2) is 0 Å². The predicted octanol–water partition coefficient (Wildman–Crippen LogP) is 4.00. The number of aryl methyl sites for hydroxylation is 1. The summed E-state index contributed by atoms with van der Waals surface area (Å²) in [6.45, 7) is 6.39. The van der Waals surface area contributed by atoms with Crippen molar-refractivity contribution in [1.82, 2.24) is 10.2 Å². The lowest BCUT2D eigenvalue weighted by Crippen LogP contribution is -2.47. The molecule has 0 radical (unpaired) electrons. The van der Waals surface area contributed by atoms with Crippen molar-refractivity contribution in [2.24, 2.45) is 0 Å². The number of anilines is 1. The van der Waals surface area contributed by atoms with E-state index in [0.717, 1.165) is 23.8 Å². The molecule has 0 unspecified atom stereocenters. The minimum Gasteiger partial charge on any atom is -0.355 e. The maximum atomic E-state index is 13.2. The number of carbonyl (C=O) groups is 2. The Hall–Kier alpha value is -2.58. The second-order valence-electron chi connectivity index (χ2n) is 8.18. The topological polar surface area (TPSA) is 86.8 Å². The lowest BCUT2D eigenvalue weighted by Gasteiger charge is -2.29. The average molecular weight is 508 g/mol. The fourth-order valence-corrected chi connectivity index (χ4v) is 4.82. The normalized spacial score (nSPS) is 12.1. The lowest BCUT2D eigenvalue weighted by atomic mass is 10.1. The van der Waals surface area contributed by atoms with Gasteiger partial charge in [0.25, 0.3) is 0 Å². The molecule has 0 saturated carbocycles. The largest absolute Gasteiger partial charge is 0.355 e. The molecule has 1 atom stereocenters. The molecule has 0 aromatic heterocycles. The van der Waals surface area contributed by atoms with Crippen molar-refractivity contribution in [3.8, 4) is 0 Å². The van der Waals surface area contributed by atoms with Crippen molar-refractivity contribution in [3.05, 3.63) is 64.7 Å². The van der Waals surface area contributed by atoms with Crippen LogP contribution in [0, 0.1) is 0 Å². The average Bonchev–Trinajstić information content (AvgIpc) is 2.79. The number of sulfonamides is 1. The van der Waals surface area contributed by atoms with Crippen molar-refractivity contribution in [1.29, 1.82) is 0 Å². The zero-order chi connectivity index (χ0) is 25.3. The number of halogens is 1. The quantitative estimate of drug-likeness (QED) is 0.470. The molecule has 0 bridgehead atoms. The van der Waals surface area contributed by atoms with Crippen LogP contribution in [0.3, 0.4) is 0 Å². The smallest absolute Gasteiger partial charge is 0.242 e. The number of hydrogen-bond donors (Lipinski definition) is 1. The van der Waals surface area contributed by atoms with Crippen LogP contribution >= 0.6 is 11.6 Å². The molecule has 0 aliphatic rings. The highest BCUT2D eigenvalue weighted by Crippen LogP contribution is 2.20. The third-order valence-corrected chi connectivity index (χ3v) is 6.97. The summed E-state index contributed by atoms with van der Waals surface area (Å²) in [6.07, 6.45) is 2.43. The van der Waals surface area contributed by atoms with Crippen LogP contribution in [-0.2, 0) is 32.6 Å². The highest BCUT2D eigenvalue weighted by Gasteiger charge is 2.26. The second kappa shape index (κ2) is 12.8. The van der Waals surface area contributed by atoms with E-state index in [-0.39, 0.29) is 31.3 Å². The Bertz CT molecular complexity index is 1070.